The molecule has 0 radical (unpaired) electrons. The van der Waals surface area contributed by atoms with Gasteiger partial charge in [-0.2, -0.15) is 4.98 Å². The number of aryl methyl sites for hydroxylation is 1. The Bertz CT molecular complexity index is 878. The van der Waals surface area contributed by atoms with Crippen molar-refractivity contribution in [2.75, 3.05) is 31.6 Å². The van der Waals surface area contributed by atoms with Crippen LogP contribution in [0.4, 0.5) is 5.69 Å². The molecule has 1 heterocycles. The highest BCUT2D eigenvalue weighted by atomic mass is 16.5. The van der Waals surface area contributed by atoms with Gasteiger partial charge in [-0.25, -0.2) is 0 Å². The van der Waals surface area contributed by atoms with Crippen molar-refractivity contribution >= 4 is 11.6 Å². The van der Waals surface area contributed by atoms with E-state index in [1.807, 2.05) is 37.4 Å². The maximum atomic E-state index is 11.9. The third kappa shape index (κ3) is 5.57. The molecule has 28 heavy (non-hydrogen) atoms. The van der Waals surface area contributed by atoms with E-state index in [1.54, 1.807) is 19.1 Å². The van der Waals surface area contributed by atoms with Crippen LogP contribution < -0.4 is 15.0 Å². The van der Waals surface area contributed by atoms with Crippen molar-refractivity contribution < 1.29 is 14.1 Å². The van der Waals surface area contributed by atoms with Gasteiger partial charge in [0.15, 0.2) is 6.61 Å². The van der Waals surface area contributed by atoms with Crippen LogP contribution in [0, 0.1) is 6.92 Å². The van der Waals surface area contributed by atoms with Crippen LogP contribution in [0.5, 0.6) is 5.75 Å². The van der Waals surface area contributed by atoms with E-state index >= 15 is 0 Å². The van der Waals surface area contributed by atoms with Crippen molar-refractivity contribution in [2.24, 2.45) is 0 Å². The number of nitrogens with zero attached hydrogens (tertiary/aromatic N) is 3. The second-order valence-corrected chi connectivity index (χ2v) is 6.41. The normalized spacial score (nSPS) is 10.5. The Labute approximate surface area is 164 Å². The van der Waals surface area contributed by atoms with E-state index in [9.17, 15) is 4.79 Å². The van der Waals surface area contributed by atoms with Gasteiger partial charge in [0.25, 0.3) is 5.91 Å². The second-order valence-electron chi connectivity index (χ2n) is 6.41. The molecule has 3 aromatic rings. The molecule has 0 unspecified atom stereocenters. The van der Waals surface area contributed by atoms with Crippen LogP contribution in [0.1, 0.15) is 12.3 Å². The summed E-state index contributed by atoms with van der Waals surface area (Å²) >= 11 is 0. The number of carbonyl (C=O) groups excluding carboxylic acids is 1. The van der Waals surface area contributed by atoms with E-state index in [4.69, 9.17) is 9.26 Å². The number of anilines is 1. The Balaban J connectivity index is 1.35. The van der Waals surface area contributed by atoms with Gasteiger partial charge in [0.05, 0.1) is 0 Å². The van der Waals surface area contributed by atoms with Crippen LogP contribution in [-0.2, 0) is 4.79 Å². The largest absolute Gasteiger partial charge is 0.484 e. The topological polar surface area (TPSA) is 80.5 Å². The van der Waals surface area contributed by atoms with E-state index in [-0.39, 0.29) is 12.5 Å². The summed E-state index contributed by atoms with van der Waals surface area (Å²) in [5, 5.41) is 6.75. The fourth-order valence-corrected chi connectivity index (χ4v) is 2.67. The van der Waals surface area contributed by atoms with Crippen LogP contribution in [0.25, 0.3) is 11.4 Å². The highest BCUT2D eigenvalue weighted by Crippen LogP contribution is 2.19. The molecule has 1 amide bonds. The third-order valence-corrected chi connectivity index (χ3v) is 4.20. The summed E-state index contributed by atoms with van der Waals surface area (Å²) in [7, 11) is 2.04. The quantitative estimate of drug-likeness (QED) is 0.575. The SMILES string of the molecule is Cc1nc(-c2ccc(OCC(=O)NCCCN(C)c3ccccc3)cc2)no1. The van der Waals surface area contributed by atoms with Gasteiger partial charge < -0.3 is 19.5 Å². The molecule has 1 aromatic heterocycles. The highest BCUT2D eigenvalue weighted by molar-refractivity contribution is 5.77. The number of benzene rings is 2. The van der Waals surface area contributed by atoms with Gasteiger partial charge in [0.2, 0.25) is 11.7 Å². The van der Waals surface area contributed by atoms with Gasteiger partial charge in [-0.05, 0) is 42.8 Å². The molecule has 0 saturated heterocycles. The first kappa shape index (κ1) is 19.4. The van der Waals surface area contributed by atoms with Gasteiger partial charge in [-0.1, -0.05) is 23.4 Å². The lowest BCUT2D eigenvalue weighted by molar-refractivity contribution is -0.123. The Morgan fingerprint density at radius 2 is 1.89 bits per heavy atom. The monoisotopic (exact) mass is 380 g/mol. The van der Waals surface area contributed by atoms with E-state index < -0.39 is 0 Å². The standard InChI is InChI=1S/C21H24N4O3/c1-16-23-21(24-28-16)17-9-11-19(12-10-17)27-15-20(26)22-13-6-14-25(2)18-7-4-3-5-8-18/h3-5,7-12H,6,13-15H2,1-2H3,(H,22,26). The average molecular weight is 380 g/mol. The first-order chi connectivity index (χ1) is 13.6. The lowest BCUT2D eigenvalue weighted by atomic mass is 10.2. The molecule has 0 aliphatic heterocycles. The molecule has 7 nitrogen and oxygen atoms in total. The minimum atomic E-state index is -0.139. The maximum absolute atomic E-state index is 11.9. The first-order valence-corrected chi connectivity index (χ1v) is 9.18. The number of hydrogen-bond donors (Lipinski definition) is 1. The smallest absolute Gasteiger partial charge is 0.257 e. The van der Waals surface area contributed by atoms with E-state index in [1.165, 1.54) is 0 Å². The van der Waals surface area contributed by atoms with E-state index in [0.29, 0.717) is 24.0 Å². The summed E-state index contributed by atoms with van der Waals surface area (Å²) in [5.74, 6) is 1.52. The number of ether oxygens (including phenoxy) is 1. The Kier molecular flexibility index (Phi) is 6.62. The number of aromatic nitrogens is 2. The van der Waals surface area contributed by atoms with Crippen molar-refractivity contribution in [1.29, 1.82) is 0 Å². The lowest BCUT2D eigenvalue weighted by Gasteiger charge is -2.19. The first-order valence-electron chi connectivity index (χ1n) is 9.18. The minimum absolute atomic E-state index is 0.0187. The molecule has 0 fully saturated rings. The fraction of sp³-hybridized carbons (Fsp3) is 0.286. The number of hydrogen-bond acceptors (Lipinski definition) is 6. The summed E-state index contributed by atoms with van der Waals surface area (Å²) in [5.41, 5.74) is 1.99. The Morgan fingerprint density at radius 3 is 2.57 bits per heavy atom. The average Bonchev–Trinajstić information content (AvgIpc) is 3.17. The highest BCUT2D eigenvalue weighted by Gasteiger charge is 2.07. The van der Waals surface area contributed by atoms with Crippen LogP contribution in [0.2, 0.25) is 0 Å². The van der Waals surface area contributed by atoms with Gasteiger partial charge in [-0.15, -0.1) is 0 Å². The van der Waals surface area contributed by atoms with Gasteiger partial charge in [-0.3, -0.25) is 4.79 Å². The molecule has 0 bridgehead atoms. The fourth-order valence-electron chi connectivity index (χ4n) is 2.67. The van der Waals surface area contributed by atoms with Crippen molar-refractivity contribution in [2.45, 2.75) is 13.3 Å². The maximum Gasteiger partial charge on any atom is 0.257 e. The molecule has 0 spiro atoms. The van der Waals surface area contributed by atoms with Gasteiger partial charge in [0.1, 0.15) is 5.75 Å². The molecule has 0 aliphatic rings. The molecule has 1 N–H and O–H groups in total. The van der Waals surface area contributed by atoms with Crippen molar-refractivity contribution in [1.82, 2.24) is 15.5 Å². The van der Waals surface area contributed by atoms with Crippen LogP contribution >= 0.6 is 0 Å². The van der Waals surface area contributed by atoms with E-state index in [2.05, 4.69) is 32.5 Å². The van der Waals surface area contributed by atoms with Gasteiger partial charge in [0, 0.05) is 38.3 Å². The molecule has 0 aliphatic carbocycles. The molecular formula is C21H24N4O3. The summed E-state index contributed by atoms with van der Waals surface area (Å²) in [6.45, 7) is 3.19. The molecular weight excluding hydrogens is 356 g/mol. The zero-order chi connectivity index (χ0) is 19.8. The van der Waals surface area contributed by atoms with Crippen LogP contribution in [0.15, 0.2) is 59.1 Å². The summed E-state index contributed by atoms with van der Waals surface area (Å²) in [6, 6.07) is 17.4. The van der Waals surface area contributed by atoms with Crippen molar-refractivity contribution in [3.05, 3.63) is 60.5 Å². The number of carbonyl (C=O) groups is 1. The Morgan fingerprint density at radius 1 is 1.14 bits per heavy atom. The minimum Gasteiger partial charge on any atom is -0.484 e. The molecule has 2 aromatic carbocycles. The van der Waals surface area contributed by atoms with Crippen LogP contribution in [-0.4, -0.2) is 42.8 Å². The third-order valence-electron chi connectivity index (χ3n) is 4.20. The number of amides is 1. The zero-order valence-electron chi connectivity index (χ0n) is 16.1. The molecule has 0 atom stereocenters. The summed E-state index contributed by atoms with van der Waals surface area (Å²) in [6.07, 6.45) is 0.857. The number of para-hydroxylation sites is 1. The number of nitrogens with one attached hydrogen (secondary N) is 1. The van der Waals surface area contributed by atoms with E-state index in [0.717, 1.165) is 24.2 Å². The van der Waals surface area contributed by atoms with Crippen molar-refractivity contribution in [3.8, 4) is 17.1 Å². The van der Waals surface area contributed by atoms with Crippen LogP contribution in [0.3, 0.4) is 0 Å². The summed E-state index contributed by atoms with van der Waals surface area (Å²) in [4.78, 5) is 18.3. The van der Waals surface area contributed by atoms with Crippen molar-refractivity contribution in [3.63, 3.8) is 0 Å². The molecule has 0 saturated carbocycles. The zero-order valence-corrected chi connectivity index (χ0v) is 16.1. The number of rotatable bonds is 9. The molecule has 7 heteroatoms. The lowest BCUT2D eigenvalue weighted by Crippen LogP contribution is -2.31. The molecule has 3 rings (SSSR count). The predicted octanol–water partition coefficient (Wildman–Crippen LogP) is 3.07. The summed E-state index contributed by atoms with van der Waals surface area (Å²) < 4.78 is 10.5. The second kappa shape index (κ2) is 9.55. The predicted molar refractivity (Wildman–Crippen MR) is 107 cm³/mol. The van der Waals surface area contributed by atoms with Gasteiger partial charge >= 0.3 is 0 Å². The Hall–Kier alpha value is -3.35. The molecule has 146 valence electrons.